The first kappa shape index (κ1) is 14.5. The van der Waals surface area contributed by atoms with Crippen LogP contribution in [0.2, 0.25) is 0 Å². The van der Waals surface area contributed by atoms with Gasteiger partial charge in [0, 0.05) is 25.0 Å². The van der Waals surface area contributed by atoms with Crippen LogP contribution in [0.15, 0.2) is 12.1 Å². The molecule has 1 heterocycles. The Morgan fingerprint density at radius 3 is 2.29 bits per heavy atom. The minimum absolute atomic E-state index is 0.193. The molecule has 0 unspecified atom stereocenters. The topological polar surface area (TPSA) is 20.3 Å². The summed E-state index contributed by atoms with van der Waals surface area (Å²) in [6, 6.07) is 4.55. The molecule has 0 amide bonds. The number of hydrogen-bond donors (Lipinski definition) is 0. The molecule has 2 radical (unpaired) electrons. The molecule has 1 aromatic heterocycles. The average molecular weight is 249 g/mol. The highest BCUT2D eigenvalue weighted by Gasteiger charge is 2.16. The zero-order valence-electron chi connectivity index (χ0n) is 11.1. The van der Waals surface area contributed by atoms with Gasteiger partial charge in [0.2, 0.25) is 0 Å². The Morgan fingerprint density at radius 2 is 1.88 bits per heavy atom. The van der Waals surface area contributed by atoms with Gasteiger partial charge in [-0.05, 0) is 38.5 Å². The van der Waals surface area contributed by atoms with Crippen molar-refractivity contribution >= 4 is 29.7 Å². The molecule has 0 aliphatic heterocycles. The number of carbonyl (C=O) groups excluding carboxylic acids is 1. The Labute approximate surface area is 109 Å². The van der Waals surface area contributed by atoms with Crippen molar-refractivity contribution in [2.24, 2.45) is 0 Å². The van der Waals surface area contributed by atoms with Gasteiger partial charge in [-0.1, -0.05) is 6.07 Å². The van der Waals surface area contributed by atoms with Crippen LogP contribution in [0.5, 0.6) is 0 Å². The van der Waals surface area contributed by atoms with Gasteiger partial charge in [0.25, 0.3) is 0 Å². The molecule has 0 N–H and O–H groups in total. The summed E-state index contributed by atoms with van der Waals surface area (Å²) in [6.07, 6.45) is 0.566. The van der Waals surface area contributed by atoms with Crippen molar-refractivity contribution in [2.75, 3.05) is 6.54 Å². The van der Waals surface area contributed by atoms with E-state index in [1.54, 1.807) is 6.07 Å². The van der Waals surface area contributed by atoms with Crippen LogP contribution in [-0.2, 0) is 0 Å². The molecule has 0 aliphatic rings. The smallest absolute Gasteiger partial charge is 0.174 e. The zero-order chi connectivity index (χ0) is 13.0. The van der Waals surface area contributed by atoms with Crippen LogP contribution in [0.25, 0.3) is 0 Å². The lowest BCUT2D eigenvalue weighted by Crippen LogP contribution is -2.38. The van der Waals surface area contributed by atoms with E-state index in [-0.39, 0.29) is 5.78 Å². The van der Waals surface area contributed by atoms with Crippen LogP contribution in [0, 0.1) is 0 Å². The van der Waals surface area contributed by atoms with Crippen molar-refractivity contribution in [1.82, 2.24) is 4.90 Å². The van der Waals surface area contributed by atoms with Gasteiger partial charge in [-0.3, -0.25) is 9.69 Å². The van der Waals surface area contributed by atoms with Crippen LogP contribution in [0.3, 0.4) is 0 Å². The molecular weight excluding hydrogens is 229 g/mol. The van der Waals surface area contributed by atoms with E-state index in [1.165, 1.54) is 11.3 Å². The average Bonchev–Trinajstić information content (AvgIpc) is 2.63. The second-order valence-electron chi connectivity index (χ2n) is 4.80. The lowest BCUT2D eigenvalue weighted by molar-refractivity contribution is 0.0944. The second kappa shape index (κ2) is 6.36. The Bertz CT molecular complexity index is 365. The van der Waals surface area contributed by atoms with E-state index in [0.29, 0.717) is 23.3 Å². The Balaban J connectivity index is 2.52. The summed E-state index contributed by atoms with van der Waals surface area (Å²) in [5.74, 6) is 0.193. The molecular formula is C13H20BNOS. The molecule has 4 heteroatoms. The van der Waals surface area contributed by atoms with Gasteiger partial charge in [0.05, 0.1) is 4.88 Å². The van der Waals surface area contributed by atoms with E-state index in [9.17, 15) is 4.79 Å². The van der Waals surface area contributed by atoms with E-state index in [1.807, 2.05) is 6.07 Å². The van der Waals surface area contributed by atoms with E-state index in [0.717, 1.165) is 11.4 Å². The molecule has 0 saturated heterocycles. The van der Waals surface area contributed by atoms with Gasteiger partial charge in [-0.15, -0.1) is 11.3 Å². The van der Waals surface area contributed by atoms with Gasteiger partial charge < -0.3 is 0 Å². The minimum Gasteiger partial charge on any atom is -0.298 e. The summed E-state index contributed by atoms with van der Waals surface area (Å²) in [5.41, 5.74) is 0. The largest absolute Gasteiger partial charge is 0.298 e. The number of hydrogen-bond acceptors (Lipinski definition) is 3. The maximum Gasteiger partial charge on any atom is 0.174 e. The molecule has 0 bridgehead atoms. The second-order valence-corrected chi connectivity index (χ2v) is 5.92. The van der Waals surface area contributed by atoms with Crippen LogP contribution in [0.1, 0.15) is 43.8 Å². The monoisotopic (exact) mass is 249 g/mol. The van der Waals surface area contributed by atoms with Crippen molar-refractivity contribution in [1.29, 1.82) is 0 Å². The number of thiophene rings is 1. The molecule has 0 saturated carbocycles. The normalized spacial score (nSPS) is 11.7. The van der Waals surface area contributed by atoms with Crippen LogP contribution >= 0.6 is 11.3 Å². The Morgan fingerprint density at radius 1 is 1.29 bits per heavy atom. The Kier molecular flexibility index (Phi) is 5.41. The minimum atomic E-state index is 0.193. The van der Waals surface area contributed by atoms with Crippen LogP contribution in [0.4, 0.5) is 0 Å². The van der Waals surface area contributed by atoms with Crippen molar-refractivity contribution in [3.8, 4) is 0 Å². The maximum atomic E-state index is 11.9. The summed E-state index contributed by atoms with van der Waals surface area (Å²) in [5, 5.41) is 0. The summed E-state index contributed by atoms with van der Waals surface area (Å²) in [6.45, 7) is 9.45. The molecule has 0 aliphatic carbocycles. The molecule has 0 atom stereocenters. The first-order chi connectivity index (χ1) is 7.91. The zero-order valence-corrected chi connectivity index (χ0v) is 11.9. The number of rotatable bonds is 6. The summed E-state index contributed by atoms with van der Waals surface area (Å²) in [4.78, 5) is 15.0. The number of ketones is 1. The highest BCUT2D eigenvalue weighted by Crippen LogP contribution is 2.12. The lowest BCUT2D eigenvalue weighted by Gasteiger charge is -2.30. The van der Waals surface area contributed by atoms with Crippen LogP contribution in [-0.4, -0.2) is 37.2 Å². The number of carbonyl (C=O) groups is 1. The SMILES string of the molecule is [B]c1ccc(C(=O)CCN(C(C)C)C(C)C)s1. The van der Waals surface area contributed by atoms with Crippen molar-refractivity contribution < 1.29 is 4.79 Å². The predicted molar refractivity (Wildman–Crippen MR) is 75.6 cm³/mol. The maximum absolute atomic E-state index is 11.9. The van der Waals surface area contributed by atoms with Gasteiger partial charge in [0.15, 0.2) is 5.78 Å². The molecule has 0 aromatic carbocycles. The van der Waals surface area contributed by atoms with Crippen molar-refractivity contribution in [2.45, 2.75) is 46.2 Å². The molecule has 17 heavy (non-hydrogen) atoms. The molecule has 1 aromatic rings. The third-order valence-corrected chi connectivity index (χ3v) is 3.78. The molecule has 1 rings (SSSR count). The fourth-order valence-electron chi connectivity index (χ4n) is 1.97. The Hall–Kier alpha value is -0.605. The standard InChI is InChI=1S/C13H20BNOS/c1-9(2)15(10(3)4)8-7-11(16)12-5-6-13(14)17-12/h5-6,9-10H,7-8H2,1-4H3. The highest BCUT2D eigenvalue weighted by atomic mass is 32.1. The molecule has 92 valence electrons. The fourth-order valence-corrected chi connectivity index (χ4v) is 2.71. The molecule has 2 nitrogen and oxygen atoms in total. The number of Topliss-reactive ketones (excluding diaryl/α,β-unsaturated/α-hetero) is 1. The van der Waals surface area contributed by atoms with E-state index >= 15 is 0 Å². The predicted octanol–water partition coefficient (Wildman–Crippen LogP) is 2.23. The van der Waals surface area contributed by atoms with Crippen LogP contribution < -0.4 is 4.78 Å². The third-order valence-electron chi connectivity index (χ3n) is 2.83. The fraction of sp³-hybridized carbons (Fsp3) is 0.615. The lowest BCUT2D eigenvalue weighted by atomic mass is 10.1. The summed E-state index contributed by atoms with van der Waals surface area (Å²) < 4.78 is 0.706. The summed E-state index contributed by atoms with van der Waals surface area (Å²) >= 11 is 1.37. The summed E-state index contributed by atoms with van der Waals surface area (Å²) in [7, 11) is 5.62. The molecule has 0 fully saturated rings. The highest BCUT2D eigenvalue weighted by molar-refractivity contribution is 7.21. The van der Waals surface area contributed by atoms with E-state index in [4.69, 9.17) is 7.85 Å². The quantitative estimate of drug-likeness (QED) is 0.569. The van der Waals surface area contributed by atoms with Gasteiger partial charge in [-0.2, -0.15) is 0 Å². The van der Waals surface area contributed by atoms with Gasteiger partial charge in [0.1, 0.15) is 7.85 Å². The van der Waals surface area contributed by atoms with Crippen molar-refractivity contribution in [3.05, 3.63) is 17.0 Å². The van der Waals surface area contributed by atoms with Crippen molar-refractivity contribution in [3.63, 3.8) is 0 Å². The molecule has 0 spiro atoms. The van der Waals surface area contributed by atoms with E-state index < -0.39 is 0 Å². The third kappa shape index (κ3) is 4.28. The van der Waals surface area contributed by atoms with Gasteiger partial charge in [-0.25, -0.2) is 0 Å². The van der Waals surface area contributed by atoms with E-state index in [2.05, 4.69) is 32.6 Å². The first-order valence-electron chi connectivity index (χ1n) is 6.06. The first-order valence-corrected chi connectivity index (χ1v) is 6.87. The van der Waals surface area contributed by atoms with Gasteiger partial charge >= 0.3 is 0 Å². The number of nitrogens with zero attached hydrogens (tertiary/aromatic N) is 1.